The Bertz CT molecular complexity index is 1180. The van der Waals surface area contributed by atoms with Gasteiger partial charge in [0.2, 0.25) is 5.89 Å². The van der Waals surface area contributed by atoms with Crippen LogP contribution >= 0.6 is 0 Å². The number of H-pyrrole nitrogens is 1. The summed E-state index contributed by atoms with van der Waals surface area (Å²) in [5.74, 6) is 1.22. The van der Waals surface area contributed by atoms with Crippen molar-refractivity contribution in [1.82, 2.24) is 19.9 Å². The van der Waals surface area contributed by atoms with Crippen LogP contribution in [-0.4, -0.2) is 19.9 Å². The number of nitrogens with one attached hydrogen (secondary N) is 2. The molecule has 5 rings (SSSR count). The Morgan fingerprint density at radius 1 is 0.885 bits per heavy atom. The summed E-state index contributed by atoms with van der Waals surface area (Å²) in [6.07, 6.45) is 1.65. The van der Waals surface area contributed by atoms with E-state index in [-0.39, 0.29) is 0 Å². The highest BCUT2D eigenvalue weighted by molar-refractivity contribution is 6.03. The molecule has 26 heavy (non-hydrogen) atoms. The summed E-state index contributed by atoms with van der Waals surface area (Å²) in [5.41, 5.74) is 4.81. The van der Waals surface area contributed by atoms with Crippen LogP contribution in [0.5, 0.6) is 0 Å². The Morgan fingerprint density at radius 3 is 2.46 bits per heavy atom. The van der Waals surface area contributed by atoms with E-state index < -0.39 is 0 Å². The van der Waals surface area contributed by atoms with Crippen molar-refractivity contribution < 1.29 is 4.42 Å². The zero-order valence-corrected chi connectivity index (χ0v) is 13.8. The summed E-state index contributed by atoms with van der Waals surface area (Å²) < 4.78 is 5.91. The minimum absolute atomic E-state index is 0.483. The molecule has 0 aliphatic carbocycles. The van der Waals surface area contributed by atoms with Gasteiger partial charge in [-0.25, -0.2) is 9.97 Å². The number of aromatic amines is 1. The van der Waals surface area contributed by atoms with Gasteiger partial charge in [-0.05, 0) is 17.7 Å². The van der Waals surface area contributed by atoms with E-state index in [4.69, 9.17) is 4.42 Å². The summed E-state index contributed by atoms with van der Waals surface area (Å²) >= 11 is 0. The molecule has 2 aromatic carbocycles. The lowest BCUT2D eigenvalue weighted by atomic mass is 10.2. The fourth-order valence-corrected chi connectivity index (χ4v) is 2.97. The summed E-state index contributed by atoms with van der Waals surface area (Å²) in [6, 6.07) is 20.0. The monoisotopic (exact) mass is 341 g/mol. The minimum atomic E-state index is 0.483. The average molecular weight is 341 g/mol. The van der Waals surface area contributed by atoms with Crippen molar-refractivity contribution >= 4 is 28.1 Å². The molecule has 0 spiro atoms. The summed E-state index contributed by atoms with van der Waals surface area (Å²) in [7, 11) is 0. The molecule has 0 fully saturated rings. The van der Waals surface area contributed by atoms with Crippen LogP contribution in [0.1, 0.15) is 5.56 Å². The first-order chi connectivity index (χ1) is 12.9. The smallest absolute Gasteiger partial charge is 0.251 e. The second-order valence-corrected chi connectivity index (χ2v) is 5.96. The Balaban J connectivity index is 1.59. The molecule has 3 heterocycles. The van der Waals surface area contributed by atoms with E-state index in [0.717, 1.165) is 16.6 Å². The zero-order chi connectivity index (χ0) is 17.3. The molecule has 0 aliphatic rings. The van der Waals surface area contributed by atoms with Gasteiger partial charge in [0.15, 0.2) is 11.3 Å². The number of fused-ring (bicyclic) bond motifs is 3. The van der Waals surface area contributed by atoms with Crippen molar-refractivity contribution in [3.8, 4) is 11.5 Å². The zero-order valence-electron chi connectivity index (χ0n) is 13.8. The molecule has 3 aromatic heterocycles. The Kier molecular flexibility index (Phi) is 3.38. The number of hydrogen-bond acceptors (Lipinski definition) is 5. The third-order valence-corrected chi connectivity index (χ3v) is 4.25. The number of nitrogens with zero attached hydrogens (tertiary/aromatic N) is 3. The fourth-order valence-electron chi connectivity index (χ4n) is 2.97. The maximum Gasteiger partial charge on any atom is 0.251 e. The number of anilines is 1. The van der Waals surface area contributed by atoms with Gasteiger partial charge in [0.25, 0.3) is 5.71 Å². The van der Waals surface area contributed by atoms with E-state index in [1.807, 2.05) is 48.5 Å². The third kappa shape index (κ3) is 2.48. The maximum atomic E-state index is 5.91. The number of oxazole rings is 1. The van der Waals surface area contributed by atoms with Crippen LogP contribution in [0.3, 0.4) is 0 Å². The lowest BCUT2D eigenvalue weighted by molar-refractivity contribution is 0.608. The number of aromatic nitrogens is 4. The first-order valence-electron chi connectivity index (χ1n) is 8.35. The molecule has 0 amide bonds. The second kappa shape index (κ2) is 6.00. The van der Waals surface area contributed by atoms with E-state index in [1.165, 1.54) is 5.56 Å². The highest BCUT2D eigenvalue weighted by atomic mass is 16.4. The van der Waals surface area contributed by atoms with Crippen molar-refractivity contribution in [2.75, 3.05) is 5.32 Å². The van der Waals surface area contributed by atoms with Crippen molar-refractivity contribution in [2.24, 2.45) is 0 Å². The number of hydrogen-bond donors (Lipinski definition) is 2. The summed E-state index contributed by atoms with van der Waals surface area (Å²) in [5, 5.41) is 3.35. The average Bonchev–Trinajstić information content (AvgIpc) is 3.34. The first-order valence-corrected chi connectivity index (χ1v) is 8.35. The fraction of sp³-hybridized carbons (Fsp3) is 0.0500. The molecule has 0 radical (unpaired) electrons. The van der Waals surface area contributed by atoms with Crippen LogP contribution in [0.25, 0.3) is 33.7 Å². The predicted octanol–water partition coefficient (Wildman–Crippen LogP) is 4.38. The van der Waals surface area contributed by atoms with Gasteiger partial charge in [-0.2, -0.15) is 4.98 Å². The van der Waals surface area contributed by atoms with Gasteiger partial charge in [-0.3, -0.25) is 0 Å². The predicted molar refractivity (Wildman–Crippen MR) is 101 cm³/mol. The van der Waals surface area contributed by atoms with Gasteiger partial charge in [0.1, 0.15) is 11.0 Å². The van der Waals surface area contributed by atoms with Gasteiger partial charge in [-0.15, -0.1) is 0 Å². The van der Waals surface area contributed by atoms with Gasteiger partial charge in [0.05, 0.1) is 6.33 Å². The van der Waals surface area contributed by atoms with Crippen molar-refractivity contribution in [2.45, 2.75) is 6.54 Å². The van der Waals surface area contributed by atoms with Crippen molar-refractivity contribution in [3.05, 3.63) is 72.6 Å². The third-order valence-electron chi connectivity index (χ3n) is 4.25. The second-order valence-electron chi connectivity index (χ2n) is 5.96. The Morgan fingerprint density at radius 2 is 1.65 bits per heavy atom. The molecule has 0 unspecified atom stereocenters. The molecule has 5 aromatic rings. The SMILES string of the molecule is c1ccc(CNc2nc3oc(-c4ccccc4)nc3c3[nH]cnc23)cc1. The van der Waals surface area contributed by atoms with E-state index in [2.05, 4.69) is 37.4 Å². The van der Waals surface area contributed by atoms with Crippen LogP contribution in [0.4, 0.5) is 5.82 Å². The topological polar surface area (TPSA) is 79.6 Å². The lowest BCUT2D eigenvalue weighted by Crippen LogP contribution is -2.02. The largest absolute Gasteiger partial charge is 0.418 e. The summed E-state index contributed by atoms with van der Waals surface area (Å²) in [4.78, 5) is 16.8. The molecule has 126 valence electrons. The van der Waals surface area contributed by atoms with Crippen molar-refractivity contribution in [3.63, 3.8) is 0 Å². The molecule has 0 saturated heterocycles. The number of pyridine rings is 1. The molecule has 0 atom stereocenters. The first kappa shape index (κ1) is 14.7. The van der Waals surface area contributed by atoms with Crippen LogP contribution in [-0.2, 0) is 6.54 Å². The Labute approximate surface area is 148 Å². The minimum Gasteiger partial charge on any atom is -0.418 e. The Hall–Kier alpha value is -3.67. The normalized spacial score (nSPS) is 11.2. The van der Waals surface area contributed by atoms with Crippen LogP contribution in [0.2, 0.25) is 0 Å². The standard InChI is InChI=1S/C20H15N5O/c1-3-7-13(8-4-1)11-21-18-16-15(22-12-23-16)17-20(25-18)26-19(24-17)14-9-5-2-6-10-14/h1-10,12H,11H2,(H,21,25)(H,22,23). The van der Waals surface area contributed by atoms with Gasteiger partial charge in [-0.1, -0.05) is 48.5 Å². The van der Waals surface area contributed by atoms with Crippen LogP contribution in [0, 0.1) is 0 Å². The summed E-state index contributed by atoms with van der Waals surface area (Å²) in [6.45, 7) is 0.654. The van der Waals surface area contributed by atoms with E-state index in [0.29, 0.717) is 29.5 Å². The lowest BCUT2D eigenvalue weighted by Gasteiger charge is -2.06. The van der Waals surface area contributed by atoms with E-state index in [1.54, 1.807) is 6.33 Å². The highest BCUT2D eigenvalue weighted by Gasteiger charge is 2.17. The number of benzene rings is 2. The van der Waals surface area contributed by atoms with Gasteiger partial charge >= 0.3 is 0 Å². The molecule has 2 N–H and O–H groups in total. The van der Waals surface area contributed by atoms with Gasteiger partial charge < -0.3 is 14.7 Å². The molecule has 6 nitrogen and oxygen atoms in total. The highest BCUT2D eigenvalue weighted by Crippen LogP contribution is 2.30. The maximum absolute atomic E-state index is 5.91. The quantitative estimate of drug-likeness (QED) is 0.507. The van der Waals surface area contributed by atoms with Crippen LogP contribution in [0.15, 0.2) is 71.4 Å². The van der Waals surface area contributed by atoms with Gasteiger partial charge in [0, 0.05) is 12.1 Å². The van der Waals surface area contributed by atoms with E-state index >= 15 is 0 Å². The van der Waals surface area contributed by atoms with Crippen molar-refractivity contribution in [1.29, 1.82) is 0 Å². The molecule has 6 heteroatoms. The number of rotatable bonds is 4. The van der Waals surface area contributed by atoms with E-state index in [9.17, 15) is 0 Å². The molecule has 0 aliphatic heterocycles. The molecular formula is C20H15N5O. The number of imidazole rings is 1. The molecular weight excluding hydrogens is 326 g/mol. The molecule has 0 bridgehead atoms. The molecule has 0 saturated carbocycles. The van der Waals surface area contributed by atoms with Crippen LogP contribution < -0.4 is 5.32 Å².